The molecule has 0 bridgehead atoms. The molecule has 2 atom stereocenters. The number of hydrogen-bond acceptors (Lipinski definition) is 4. The summed E-state index contributed by atoms with van der Waals surface area (Å²) in [7, 11) is 0. The molecule has 2 unspecified atom stereocenters. The van der Waals surface area contributed by atoms with E-state index >= 15 is 0 Å². The number of hydrogen-bond donors (Lipinski definition) is 1. The lowest BCUT2D eigenvalue weighted by molar-refractivity contribution is -0.116. The van der Waals surface area contributed by atoms with Crippen LogP contribution in [0.3, 0.4) is 0 Å². The van der Waals surface area contributed by atoms with E-state index in [0.29, 0.717) is 17.5 Å². The van der Waals surface area contributed by atoms with Gasteiger partial charge in [-0.15, -0.1) is 10.2 Å². The highest BCUT2D eigenvalue weighted by atomic mass is 32.1. The quantitative estimate of drug-likeness (QED) is 0.229. The summed E-state index contributed by atoms with van der Waals surface area (Å²) >= 11 is 1.54. The summed E-state index contributed by atoms with van der Waals surface area (Å²) in [6.45, 7) is 2.28. The smallest absolute Gasteiger partial charge is 0.226 e. The van der Waals surface area contributed by atoms with Crippen molar-refractivity contribution in [1.82, 2.24) is 10.2 Å². The van der Waals surface area contributed by atoms with E-state index in [1.54, 1.807) is 11.3 Å². The molecule has 2 aliphatic carbocycles. The van der Waals surface area contributed by atoms with Gasteiger partial charge in [0.05, 0.1) is 0 Å². The van der Waals surface area contributed by atoms with Crippen LogP contribution in [0.4, 0.5) is 5.13 Å². The van der Waals surface area contributed by atoms with Crippen LogP contribution in [-0.2, 0) is 4.79 Å². The number of nitrogens with zero attached hydrogens (tertiary/aromatic N) is 2. The summed E-state index contributed by atoms with van der Waals surface area (Å²) in [5.74, 6) is 2.43. The first-order chi connectivity index (χ1) is 14.8. The Kier molecular flexibility index (Phi) is 10.3. The molecule has 3 rings (SSSR count). The summed E-state index contributed by atoms with van der Waals surface area (Å²) in [5.41, 5.74) is 0. The van der Waals surface area contributed by atoms with E-state index in [9.17, 15) is 4.79 Å². The molecular formula is C25H41N3OS. The summed E-state index contributed by atoms with van der Waals surface area (Å²) in [6.07, 6.45) is 25.0. The van der Waals surface area contributed by atoms with E-state index in [2.05, 4.69) is 34.6 Å². The van der Waals surface area contributed by atoms with Gasteiger partial charge >= 0.3 is 0 Å². The maximum Gasteiger partial charge on any atom is 0.226 e. The lowest BCUT2D eigenvalue weighted by atomic mass is 9.90. The lowest BCUT2D eigenvalue weighted by Gasteiger charge is -2.16. The van der Waals surface area contributed by atoms with Gasteiger partial charge in [-0.3, -0.25) is 4.79 Å². The van der Waals surface area contributed by atoms with Crippen LogP contribution in [0, 0.1) is 11.8 Å². The molecule has 0 saturated heterocycles. The first-order valence-electron chi connectivity index (χ1n) is 12.6. The number of nitrogens with one attached hydrogen (secondary N) is 1. The van der Waals surface area contributed by atoms with E-state index in [4.69, 9.17) is 0 Å². The van der Waals surface area contributed by atoms with E-state index in [1.165, 1.54) is 83.5 Å². The number of aromatic nitrogens is 2. The molecule has 30 heavy (non-hydrogen) atoms. The third-order valence-electron chi connectivity index (χ3n) is 6.67. The van der Waals surface area contributed by atoms with Crippen molar-refractivity contribution in [3.05, 3.63) is 17.2 Å². The zero-order valence-electron chi connectivity index (χ0n) is 18.9. The molecule has 1 aromatic rings. The highest BCUT2D eigenvalue weighted by molar-refractivity contribution is 7.15. The molecule has 2 fully saturated rings. The summed E-state index contributed by atoms with van der Waals surface area (Å²) in [5, 5.41) is 13.0. The third kappa shape index (κ3) is 8.49. The first kappa shape index (κ1) is 23.4. The molecular weight excluding hydrogens is 390 g/mol. The fraction of sp³-hybridized carbons (Fsp3) is 0.800. The van der Waals surface area contributed by atoms with E-state index in [0.717, 1.165) is 29.7 Å². The number of amides is 1. The minimum atomic E-state index is 0.0911. The van der Waals surface area contributed by atoms with Crippen molar-refractivity contribution in [2.45, 2.75) is 116 Å². The summed E-state index contributed by atoms with van der Waals surface area (Å²) < 4.78 is 0. The van der Waals surface area contributed by atoms with E-state index in [1.807, 2.05) is 0 Å². The fourth-order valence-corrected chi connectivity index (χ4v) is 5.57. The lowest BCUT2D eigenvalue weighted by Crippen LogP contribution is -2.10. The molecule has 168 valence electrons. The summed E-state index contributed by atoms with van der Waals surface area (Å²) in [4.78, 5) is 12.1. The van der Waals surface area contributed by atoms with E-state index < -0.39 is 0 Å². The molecule has 1 aromatic heterocycles. The van der Waals surface area contributed by atoms with Crippen molar-refractivity contribution in [3.8, 4) is 0 Å². The van der Waals surface area contributed by atoms with Crippen LogP contribution in [0.1, 0.15) is 121 Å². The molecule has 2 saturated carbocycles. The predicted molar refractivity (Wildman–Crippen MR) is 127 cm³/mol. The number of anilines is 1. The minimum Gasteiger partial charge on any atom is -0.301 e. The van der Waals surface area contributed by atoms with E-state index in [-0.39, 0.29) is 5.91 Å². The third-order valence-corrected chi connectivity index (χ3v) is 7.67. The maximum absolute atomic E-state index is 12.1. The standard InChI is InChI=1S/C25H41N3OS/c1-2-3-4-5-6-9-13-20-15-12-16-21(20)14-10-7-8-11-17-23(29)26-25-28-27-24(30-25)22-18-19-22/h9,13,20-22H,2-8,10-12,14-19H2,1H3,(H,26,28,29)/b13-9+. The van der Waals surface area contributed by atoms with Gasteiger partial charge in [0.15, 0.2) is 0 Å². The van der Waals surface area contributed by atoms with Crippen LogP contribution in [0.5, 0.6) is 0 Å². The molecule has 0 spiro atoms. The predicted octanol–water partition coefficient (Wildman–Crippen LogP) is 7.64. The maximum atomic E-state index is 12.1. The van der Waals surface area contributed by atoms with Gasteiger partial charge in [-0.25, -0.2) is 0 Å². The minimum absolute atomic E-state index is 0.0911. The van der Waals surface area contributed by atoms with Gasteiger partial charge in [0.25, 0.3) is 0 Å². The Balaban J connectivity index is 1.20. The molecule has 2 aliphatic rings. The van der Waals surface area contributed by atoms with Crippen molar-refractivity contribution in [1.29, 1.82) is 0 Å². The van der Waals surface area contributed by atoms with Gasteiger partial charge in [0, 0.05) is 12.3 Å². The average Bonchev–Trinajstić information content (AvgIpc) is 3.33. The number of carbonyl (C=O) groups excluding carboxylic acids is 1. The summed E-state index contributed by atoms with van der Waals surface area (Å²) in [6, 6.07) is 0. The number of carbonyl (C=O) groups is 1. The zero-order valence-corrected chi connectivity index (χ0v) is 19.7. The number of allylic oxidation sites excluding steroid dienone is 2. The number of unbranched alkanes of at least 4 members (excludes halogenated alkanes) is 7. The van der Waals surface area contributed by atoms with Crippen molar-refractivity contribution in [2.75, 3.05) is 5.32 Å². The Labute approximate surface area is 187 Å². The van der Waals surface area contributed by atoms with Crippen molar-refractivity contribution < 1.29 is 4.79 Å². The highest BCUT2D eigenvalue weighted by Crippen LogP contribution is 2.42. The number of rotatable bonds is 15. The second-order valence-electron chi connectivity index (χ2n) is 9.35. The van der Waals surface area contributed by atoms with Crippen LogP contribution in [0.2, 0.25) is 0 Å². The molecule has 4 nitrogen and oxygen atoms in total. The molecule has 5 heteroatoms. The molecule has 1 amide bonds. The van der Waals surface area contributed by atoms with Gasteiger partial charge in [0.2, 0.25) is 11.0 Å². The molecule has 1 heterocycles. The molecule has 0 aromatic carbocycles. The van der Waals surface area contributed by atoms with Gasteiger partial charge in [0.1, 0.15) is 5.01 Å². The monoisotopic (exact) mass is 431 g/mol. The Morgan fingerprint density at radius 3 is 2.70 bits per heavy atom. The van der Waals surface area contributed by atoms with Gasteiger partial charge in [-0.05, 0) is 63.2 Å². The van der Waals surface area contributed by atoms with Crippen molar-refractivity contribution in [2.24, 2.45) is 11.8 Å². The Hall–Kier alpha value is -1.23. The Morgan fingerprint density at radius 1 is 1.03 bits per heavy atom. The normalized spacial score (nSPS) is 21.5. The zero-order chi connectivity index (χ0) is 21.0. The largest absolute Gasteiger partial charge is 0.301 e. The second-order valence-corrected chi connectivity index (χ2v) is 10.4. The highest BCUT2D eigenvalue weighted by Gasteiger charge is 2.27. The van der Waals surface area contributed by atoms with Crippen LogP contribution in [0.25, 0.3) is 0 Å². The van der Waals surface area contributed by atoms with Gasteiger partial charge < -0.3 is 5.32 Å². The molecule has 0 aliphatic heterocycles. The van der Waals surface area contributed by atoms with Crippen molar-refractivity contribution >= 4 is 22.4 Å². The van der Waals surface area contributed by atoms with Gasteiger partial charge in [-0.2, -0.15) is 0 Å². The SMILES string of the molecule is CCCCCC/C=C/C1CCCC1CCCCCCC(=O)Nc1nnc(C2CC2)s1. The first-order valence-corrected chi connectivity index (χ1v) is 13.4. The Morgan fingerprint density at radius 2 is 1.87 bits per heavy atom. The van der Waals surface area contributed by atoms with Crippen LogP contribution >= 0.6 is 11.3 Å². The second kappa shape index (κ2) is 13.2. The van der Waals surface area contributed by atoms with Crippen LogP contribution < -0.4 is 5.32 Å². The molecule has 0 radical (unpaired) electrons. The average molecular weight is 432 g/mol. The topological polar surface area (TPSA) is 54.9 Å². The fourth-order valence-electron chi connectivity index (χ4n) is 4.65. The molecule has 1 N–H and O–H groups in total. The Bertz CT molecular complexity index is 653. The van der Waals surface area contributed by atoms with Crippen molar-refractivity contribution in [3.63, 3.8) is 0 Å². The van der Waals surface area contributed by atoms with Crippen LogP contribution in [-0.4, -0.2) is 16.1 Å². The van der Waals surface area contributed by atoms with Crippen LogP contribution in [0.15, 0.2) is 12.2 Å². The van der Waals surface area contributed by atoms with Gasteiger partial charge in [-0.1, -0.05) is 75.4 Å².